The fraction of sp³-hybridized carbons (Fsp3) is 0.267. The summed E-state index contributed by atoms with van der Waals surface area (Å²) in [4.78, 5) is 24.7. The van der Waals surface area contributed by atoms with E-state index in [1.165, 1.54) is 0 Å². The second-order valence-electron chi connectivity index (χ2n) is 5.69. The summed E-state index contributed by atoms with van der Waals surface area (Å²) in [6.07, 6.45) is 1.71. The van der Waals surface area contributed by atoms with Crippen molar-refractivity contribution >= 4 is 12.0 Å². The van der Waals surface area contributed by atoms with Crippen LogP contribution < -0.4 is 0 Å². The molecule has 2 bridgehead atoms. The fourth-order valence-electron chi connectivity index (χ4n) is 3.22. The highest BCUT2D eigenvalue weighted by atomic mass is 16.5. The minimum Gasteiger partial charge on any atom is -0.479 e. The molecule has 8 heteroatoms. The number of nitrogens with zero attached hydrogens (tertiary/aromatic N) is 4. The van der Waals surface area contributed by atoms with E-state index < -0.39 is 24.1 Å². The highest BCUT2D eigenvalue weighted by Gasteiger charge is 2.51. The lowest BCUT2D eigenvalue weighted by molar-refractivity contribution is -0.142. The van der Waals surface area contributed by atoms with Gasteiger partial charge in [0.05, 0.1) is 13.1 Å². The lowest BCUT2D eigenvalue weighted by atomic mass is 9.98. The Morgan fingerprint density at radius 2 is 2.04 bits per heavy atom. The first-order valence-corrected chi connectivity index (χ1v) is 7.19. The normalized spacial score (nSPS) is 22.4. The Bertz CT molecular complexity index is 788. The molecular weight excluding hydrogens is 300 g/mol. The summed E-state index contributed by atoms with van der Waals surface area (Å²) in [5.74, 6) is -1.15. The van der Waals surface area contributed by atoms with Crippen molar-refractivity contribution in [1.82, 2.24) is 19.7 Å². The van der Waals surface area contributed by atoms with Gasteiger partial charge in [0.15, 0.2) is 6.04 Å². The predicted molar refractivity (Wildman–Crippen MR) is 76.6 cm³/mol. The summed E-state index contributed by atoms with van der Waals surface area (Å²) in [5.41, 5.74) is 1.93. The molecule has 2 aliphatic heterocycles. The van der Waals surface area contributed by atoms with Crippen molar-refractivity contribution in [2.75, 3.05) is 6.54 Å². The first-order valence-electron chi connectivity index (χ1n) is 7.19. The van der Waals surface area contributed by atoms with Crippen molar-refractivity contribution < 1.29 is 19.9 Å². The Morgan fingerprint density at radius 3 is 2.74 bits per heavy atom. The van der Waals surface area contributed by atoms with E-state index in [1.54, 1.807) is 10.9 Å². The number of fused-ring (bicyclic) bond motifs is 4. The number of hydrogen-bond donors (Lipinski definition) is 2. The van der Waals surface area contributed by atoms with Crippen LogP contribution in [0.25, 0.3) is 0 Å². The van der Waals surface area contributed by atoms with Gasteiger partial charge in [-0.15, -0.1) is 0 Å². The highest BCUT2D eigenvalue weighted by Crippen LogP contribution is 2.42. The van der Waals surface area contributed by atoms with Gasteiger partial charge in [0, 0.05) is 11.8 Å². The van der Waals surface area contributed by atoms with Gasteiger partial charge in [-0.05, 0) is 5.56 Å². The number of hydroxylamine groups is 2. The number of aromatic nitrogens is 2. The summed E-state index contributed by atoms with van der Waals surface area (Å²) in [5, 5.41) is 24.3. The minimum atomic E-state index is -1.16. The van der Waals surface area contributed by atoms with Gasteiger partial charge in [-0.1, -0.05) is 30.3 Å². The van der Waals surface area contributed by atoms with Gasteiger partial charge in [0.2, 0.25) is 0 Å². The molecule has 1 saturated heterocycles. The summed E-state index contributed by atoms with van der Waals surface area (Å²) in [6, 6.07) is 7.22. The Balaban J connectivity index is 1.75. The van der Waals surface area contributed by atoms with Crippen LogP contribution in [0.4, 0.5) is 4.79 Å². The number of aliphatic carboxylic acids is 1. The van der Waals surface area contributed by atoms with E-state index >= 15 is 0 Å². The van der Waals surface area contributed by atoms with Crippen molar-refractivity contribution in [1.29, 1.82) is 0 Å². The molecule has 0 spiro atoms. The molecule has 0 aliphatic carbocycles. The van der Waals surface area contributed by atoms with Gasteiger partial charge in [-0.2, -0.15) is 10.2 Å². The Kier molecular flexibility index (Phi) is 2.88. The number of carbonyl (C=O) groups excluding carboxylic acids is 1. The third-order valence-corrected chi connectivity index (χ3v) is 4.28. The number of urea groups is 1. The van der Waals surface area contributed by atoms with Crippen molar-refractivity contribution in [3.63, 3.8) is 0 Å². The van der Waals surface area contributed by atoms with Crippen LogP contribution in [0.3, 0.4) is 0 Å². The van der Waals surface area contributed by atoms with Crippen LogP contribution in [-0.2, 0) is 11.3 Å². The molecule has 1 fully saturated rings. The Morgan fingerprint density at radius 1 is 1.30 bits per heavy atom. The Hall–Kier alpha value is -2.87. The van der Waals surface area contributed by atoms with Crippen LogP contribution in [0, 0.1) is 0 Å². The zero-order valence-corrected chi connectivity index (χ0v) is 12.0. The monoisotopic (exact) mass is 314 g/mol. The molecule has 0 unspecified atom stereocenters. The lowest BCUT2D eigenvalue weighted by Gasteiger charge is -2.25. The highest BCUT2D eigenvalue weighted by molar-refractivity contribution is 5.86. The van der Waals surface area contributed by atoms with E-state index in [2.05, 4.69) is 5.10 Å². The van der Waals surface area contributed by atoms with E-state index in [-0.39, 0.29) is 6.54 Å². The van der Waals surface area contributed by atoms with Gasteiger partial charge in [0.1, 0.15) is 11.7 Å². The van der Waals surface area contributed by atoms with Crippen LogP contribution in [0.15, 0.2) is 36.5 Å². The van der Waals surface area contributed by atoms with Gasteiger partial charge in [0.25, 0.3) is 0 Å². The van der Waals surface area contributed by atoms with E-state index in [0.29, 0.717) is 22.9 Å². The molecule has 2 aliphatic rings. The maximum atomic E-state index is 11.9. The zero-order valence-electron chi connectivity index (χ0n) is 12.0. The van der Waals surface area contributed by atoms with Crippen LogP contribution in [0.1, 0.15) is 28.9 Å². The molecule has 23 heavy (non-hydrogen) atoms. The summed E-state index contributed by atoms with van der Waals surface area (Å²) in [6.45, 7) is 0.641. The molecule has 0 saturated carbocycles. The third kappa shape index (κ3) is 1.99. The SMILES string of the molecule is O=C(O)[C@@H]1c2nn(Cc3ccccc3)cc2[C@H]2CN1C(=O)N2O. The largest absolute Gasteiger partial charge is 0.479 e. The summed E-state index contributed by atoms with van der Waals surface area (Å²) < 4.78 is 1.65. The molecule has 0 radical (unpaired) electrons. The molecular formula is C15H14N4O4. The number of rotatable bonds is 3. The van der Waals surface area contributed by atoms with Crippen molar-refractivity contribution in [2.45, 2.75) is 18.6 Å². The van der Waals surface area contributed by atoms with E-state index in [0.717, 1.165) is 10.5 Å². The molecule has 1 aromatic carbocycles. The minimum absolute atomic E-state index is 0.149. The standard InChI is InChI=1S/C15H14N4O4/c20-14(21)13-12-10(11-8-18(13)15(22)19(11)23)7-17(16-12)6-9-4-2-1-3-5-9/h1-5,7,11,13,23H,6,8H2,(H,20,21)/t11-,13+/m1/s1. The molecule has 118 valence electrons. The fourth-order valence-corrected chi connectivity index (χ4v) is 3.22. The van der Waals surface area contributed by atoms with Gasteiger partial charge in [-0.25, -0.2) is 9.59 Å². The summed E-state index contributed by atoms with van der Waals surface area (Å²) >= 11 is 0. The maximum Gasteiger partial charge on any atom is 0.345 e. The molecule has 1 aromatic heterocycles. The van der Waals surface area contributed by atoms with Crippen LogP contribution in [0.2, 0.25) is 0 Å². The van der Waals surface area contributed by atoms with Crippen LogP contribution >= 0.6 is 0 Å². The van der Waals surface area contributed by atoms with Gasteiger partial charge >= 0.3 is 12.0 Å². The molecule has 3 heterocycles. The van der Waals surface area contributed by atoms with E-state index in [9.17, 15) is 19.9 Å². The number of carboxylic acid groups (broad SMARTS) is 1. The number of benzene rings is 1. The van der Waals surface area contributed by atoms with Gasteiger partial charge in [-0.3, -0.25) is 9.89 Å². The number of amides is 2. The zero-order chi connectivity index (χ0) is 16.1. The first-order chi connectivity index (χ1) is 11.1. The van der Waals surface area contributed by atoms with Crippen molar-refractivity contribution in [3.8, 4) is 0 Å². The van der Waals surface area contributed by atoms with E-state index in [1.807, 2.05) is 30.3 Å². The molecule has 4 rings (SSSR count). The quantitative estimate of drug-likeness (QED) is 0.830. The second kappa shape index (κ2) is 4.82. The third-order valence-electron chi connectivity index (χ3n) is 4.28. The predicted octanol–water partition coefficient (Wildman–Crippen LogP) is 1.24. The molecule has 2 N–H and O–H groups in total. The first kappa shape index (κ1) is 13.8. The molecule has 2 amide bonds. The van der Waals surface area contributed by atoms with E-state index in [4.69, 9.17) is 0 Å². The van der Waals surface area contributed by atoms with Crippen LogP contribution in [0.5, 0.6) is 0 Å². The average Bonchev–Trinajstić information content (AvgIpc) is 3.05. The smallest absolute Gasteiger partial charge is 0.345 e. The number of hydrogen-bond acceptors (Lipinski definition) is 4. The lowest BCUT2D eigenvalue weighted by Crippen LogP contribution is -2.38. The maximum absolute atomic E-state index is 11.9. The summed E-state index contributed by atoms with van der Waals surface area (Å²) in [7, 11) is 0. The Labute approximate surface area is 131 Å². The average molecular weight is 314 g/mol. The number of carboxylic acids is 1. The topological polar surface area (TPSA) is 98.9 Å². The number of carbonyl (C=O) groups is 2. The van der Waals surface area contributed by atoms with Crippen LogP contribution in [-0.4, -0.2) is 48.6 Å². The van der Waals surface area contributed by atoms with Crippen molar-refractivity contribution in [2.24, 2.45) is 0 Å². The molecule has 8 nitrogen and oxygen atoms in total. The van der Waals surface area contributed by atoms with Crippen molar-refractivity contribution in [3.05, 3.63) is 53.3 Å². The molecule has 2 aromatic rings. The molecule has 2 atom stereocenters. The second-order valence-corrected chi connectivity index (χ2v) is 5.69. The van der Waals surface area contributed by atoms with Gasteiger partial charge < -0.3 is 10.0 Å².